The Morgan fingerprint density at radius 3 is 2.78 bits per heavy atom. The predicted molar refractivity (Wildman–Crippen MR) is 118 cm³/mol. The fourth-order valence-corrected chi connectivity index (χ4v) is 3.03. The minimum Gasteiger partial charge on any atom is -0.505 e. The van der Waals surface area contributed by atoms with Gasteiger partial charge in [0, 0.05) is 37.2 Å². The first-order valence-electron chi connectivity index (χ1n) is 8.56. The van der Waals surface area contributed by atoms with Crippen molar-refractivity contribution in [2.24, 2.45) is 4.99 Å². The molecule has 0 spiro atoms. The van der Waals surface area contributed by atoms with Crippen molar-refractivity contribution in [2.45, 2.75) is 19.9 Å². The second-order valence-corrected chi connectivity index (χ2v) is 6.20. The SMILES string of the molecule is CN=C(NCCc1c[nH]c2cccc(C)c12)NCc1ccc(O)c(F)c1.I. The quantitative estimate of drug-likeness (QED) is 0.254. The van der Waals surface area contributed by atoms with E-state index in [9.17, 15) is 9.50 Å². The van der Waals surface area contributed by atoms with Crippen molar-refractivity contribution in [3.63, 3.8) is 0 Å². The molecule has 1 heterocycles. The summed E-state index contributed by atoms with van der Waals surface area (Å²) in [6.07, 6.45) is 2.91. The number of H-pyrrole nitrogens is 1. The number of halogens is 2. The summed E-state index contributed by atoms with van der Waals surface area (Å²) < 4.78 is 13.4. The van der Waals surface area contributed by atoms with E-state index < -0.39 is 5.82 Å². The third-order valence-electron chi connectivity index (χ3n) is 4.38. The van der Waals surface area contributed by atoms with E-state index in [-0.39, 0.29) is 29.7 Å². The maximum Gasteiger partial charge on any atom is 0.191 e. The average Bonchev–Trinajstić information content (AvgIpc) is 3.05. The Morgan fingerprint density at radius 1 is 1.22 bits per heavy atom. The van der Waals surface area contributed by atoms with Crippen LogP contribution in [-0.2, 0) is 13.0 Å². The van der Waals surface area contributed by atoms with Crippen LogP contribution in [0.25, 0.3) is 10.9 Å². The summed E-state index contributed by atoms with van der Waals surface area (Å²) in [6, 6.07) is 10.6. The van der Waals surface area contributed by atoms with Crippen LogP contribution in [0, 0.1) is 12.7 Å². The number of benzene rings is 2. The van der Waals surface area contributed by atoms with Crippen LogP contribution >= 0.6 is 24.0 Å². The van der Waals surface area contributed by atoms with Gasteiger partial charge in [0.25, 0.3) is 0 Å². The molecule has 0 saturated carbocycles. The number of phenols is 1. The summed E-state index contributed by atoms with van der Waals surface area (Å²) in [7, 11) is 1.70. The number of nitrogens with one attached hydrogen (secondary N) is 3. The summed E-state index contributed by atoms with van der Waals surface area (Å²) in [4.78, 5) is 7.49. The number of aromatic hydroxyl groups is 1. The zero-order valence-corrected chi connectivity index (χ0v) is 17.7. The molecular formula is C20H24FIN4O. The predicted octanol–water partition coefficient (Wildman–Crippen LogP) is 3.85. The summed E-state index contributed by atoms with van der Waals surface area (Å²) >= 11 is 0. The van der Waals surface area contributed by atoms with Crippen LogP contribution in [0.5, 0.6) is 5.75 Å². The Morgan fingerprint density at radius 2 is 2.04 bits per heavy atom. The molecule has 2 aromatic carbocycles. The number of aryl methyl sites for hydroxylation is 1. The number of aliphatic imine (C=N–C) groups is 1. The first-order chi connectivity index (χ1) is 12.6. The van der Waals surface area contributed by atoms with Gasteiger partial charge in [0.05, 0.1) is 0 Å². The van der Waals surface area contributed by atoms with Crippen LogP contribution in [-0.4, -0.2) is 29.6 Å². The van der Waals surface area contributed by atoms with Gasteiger partial charge in [-0.2, -0.15) is 0 Å². The summed E-state index contributed by atoms with van der Waals surface area (Å²) in [6.45, 7) is 3.26. The molecule has 0 atom stereocenters. The lowest BCUT2D eigenvalue weighted by atomic mass is 10.1. The normalized spacial score (nSPS) is 11.3. The van der Waals surface area contributed by atoms with Crippen LogP contribution in [0.1, 0.15) is 16.7 Å². The fourth-order valence-electron chi connectivity index (χ4n) is 3.03. The number of hydrogen-bond acceptors (Lipinski definition) is 2. The molecule has 0 saturated heterocycles. The highest BCUT2D eigenvalue weighted by atomic mass is 127. The Kier molecular flexibility index (Phi) is 7.46. The van der Waals surface area contributed by atoms with Gasteiger partial charge in [-0.25, -0.2) is 4.39 Å². The molecule has 144 valence electrons. The van der Waals surface area contributed by atoms with Gasteiger partial charge in [-0.1, -0.05) is 18.2 Å². The smallest absolute Gasteiger partial charge is 0.191 e. The van der Waals surface area contributed by atoms with Crippen LogP contribution < -0.4 is 10.6 Å². The van der Waals surface area contributed by atoms with Gasteiger partial charge in [-0.05, 0) is 48.2 Å². The second-order valence-electron chi connectivity index (χ2n) is 6.20. The number of nitrogens with zero attached hydrogens (tertiary/aromatic N) is 1. The van der Waals surface area contributed by atoms with E-state index in [0.717, 1.165) is 24.0 Å². The summed E-state index contributed by atoms with van der Waals surface area (Å²) in [5.41, 5.74) is 4.41. The first kappa shape index (κ1) is 21.0. The Hall–Kier alpha value is -2.29. The molecule has 0 unspecified atom stereocenters. The van der Waals surface area contributed by atoms with E-state index in [4.69, 9.17) is 0 Å². The number of aromatic amines is 1. The van der Waals surface area contributed by atoms with Crippen molar-refractivity contribution in [1.82, 2.24) is 15.6 Å². The zero-order valence-electron chi connectivity index (χ0n) is 15.3. The van der Waals surface area contributed by atoms with E-state index in [1.165, 1.54) is 28.6 Å². The Labute approximate surface area is 175 Å². The van der Waals surface area contributed by atoms with Gasteiger partial charge in [-0.15, -0.1) is 24.0 Å². The number of aromatic nitrogens is 1. The number of fused-ring (bicyclic) bond motifs is 1. The lowest BCUT2D eigenvalue weighted by Crippen LogP contribution is -2.37. The minimum atomic E-state index is -0.623. The lowest BCUT2D eigenvalue weighted by molar-refractivity contribution is 0.431. The maximum atomic E-state index is 13.4. The van der Waals surface area contributed by atoms with Gasteiger partial charge in [-0.3, -0.25) is 4.99 Å². The molecule has 3 aromatic rings. The van der Waals surface area contributed by atoms with E-state index in [0.29, 0.717) is 12.5 Å². The monoisotopic (exact) mass is 482 g/mol. The molecule has 0 aliphatic rings. The van der Waals surface area contributed by atoms with E-state index in [1.807, 2.05) is 6.07 Å². The van der Waals surface area contributed by atoms with Gasteiger partial charge < -0.3 is 20.7 Å². The third kappa shape index (κ3) is 5.12. The molecule has 0 radical (unpaired) electrons. The van der Waals surface area contributed by atoms with Crippen molar-refractivity contribution in [2.75, 3.05) is 13.6 Å². The Bertz CT molecular complexity index is 939. The van der Waals surface area contributed by atoms with Gasteiger partial charge >= 0.3 is 0 Å². The largest absolute Gasteiger partial charge is 0.505 e. The highest BCUT2D eigenvalue weighted by molar-refractivity contribution is 14.0. The highest BCUT2D eigenvalue weighted by Gasteiger charge is 2.07. The van der Waals surface area contributed by atoms with Crippen molar-refractivity contribution in [3.05, 3.63) is 65.1 Å². The second kappa shape index (κ2) is 9.59. The van der Waals surface area contributed by atoms with Gasteiger partial charge in [0.2, 0.25) is 0 Å². The zero-order chi connectivity index (χ0) is 18.5. The highest BCUT2D eigenvalue weighted by Crippen LogP contribution is 2.22. The molecular weight excluding hydrogens is 458 g/mol. The van der Waals surface area contributed by atoms with Crippen LogP contribution in [0.15, 0.2) is 47.6 Å². The molecule has 0 bridgehead atoms. The van der Waals surface area contributed by atoms with Crippen LogP contribution in [0.4, 0.5) is 4.39 Å². The molecule has 1 aromatic heterocycles. The first-order valence-corrected chi connectivity index (χ1v) is 8.56. The topological polar surface area (TPSA) is 72.4 Å². The third-order valence-corrected chi connectivity index (χ3v) is 4.38. The van der Waals surface area contributed by atoms with E-state index in [1.54, 1.807) is 13.1 Å². The van der Waals surface area contributed by atoms with Crippen LogP contribution in [0.2, 0.25) is 0 Å². The minimum absolute atomic E-state index is 0. The molecule has 5 nitrogen and oxygen atoms in total. The average molecular weight is 482 g/mol. The fraction of sp³-hybridized carbons (Fsp3) is 0.250. The van der Waals surface area contributed by atoms with Crippen molar-refractivity contribution in [3.8, 4) is 5.75 Å². The standard InChI is InChI=1S/C20H23FN4O.HI/c1-13-4-3-5-17-19(13)15(12-24-17)8-9-23-20(22-2)25-11-14-6-7-18(26)16(21)10-14;/h3-7,10,12,24,26H,8-9,11H2,1-2H3,(H2,22,23,25);1H. The molecule has 27 heavy (non-hydrogen) atoms. The number of hydrogen-bond donors (Lipinski definition) is 4. The summed E-state index contributed by atoms with van der Waals surface area (Å²) in [5.74, 6) is -0.317. The Balaban J connectivity index is 0.00000261. The molecule has 0 fully saturated rings. The number of rotatable bonds is 5. The van der Waals surface area contributed by atoms with Gasteiger partial charge in [0.15, 0.2) is 17.5 Å². The molecule has 0 amide bonds. The number of guanidine groups is 1. The van der Waals surface area contributed by atoms with Crippen molar-refractivity contribution < 1.29 is 9.50 Å². The molecule has 7 heteroatoms. The maximum absolute atomic E-state index is 13.4. The molecule has 4 N–H and O–H groups in total. The molecule has 0 aliphatic carbocycles. The summed E-state index contributed by atoms with van der Waals surface area (Å²) in [5, 5.41) is 16.9. The van der Waals surface area contributed by atoms with Crippen LogP contribution in [0.3, 0.4) is 0 Å². The lowest BCUT2D eigenvalue weighted by Gasteiger charge is -2.12. The molecule has 0 aliphatic heterocycles. The van der Waals surface area contributed by atoms with Crippen molar-refractivity contribution >= 4 is 40.8 Å². The van der Waals surface area contributed by atoms with E-state index >= 15 is 0 Å². The van der Waals surface area contributed by atoms with E-state index in [2.05, 4.69) is 45.9 Å². The molecule has 3 rings (SSSR count). The van der Waals surface area contributed by atoms with Gasteiger partial charge in [0.1, 0.15) is 0 Å². The number of phenolic OH excluding ortho intramolecular Hbond substituents is 1. The van der Waals surface area contributed by atoms with Crippen molar-refractivity contribution in [1.29, 1.82) is 0 Å².